The maximum Gasteiger partial charge on any atom is 0.0468 e. The molecular formula is C17H26Cl2N2. The molecule has 0 bridgehead atoms. The SMILES string of the molecule is CC(NCCCN1CCCCC1C)c1ccc(Cl)cc1Cl. The first-order valence-corrected chi connectivity index (χ1v) is 8.76. The van der Waals surface area contributed by atoms with Crippen LogP contribution in [-0.2, 0) is 0 Å². The normalized spacial score (nSPS) is 21.4. The van der Waals surface area contributed by atoms with Crippen LogP contribution < -0.4 is 5.32 Å². The van der Waals surface area contributed by atoms with Crippen molar-refractivity contribution in [2.45, 2.75) is 51.6 Å². The molecule has 0 spiro atoms. The second-order valence-corrected chi connectivity index (χ2v) is 6.92. The molecule has 1 N–H and O–H groups in total. The first-order chi connectivity index (χ1) is 10.1. The Balaban J connectivity index is 1.72. The van der Waals surface area contributed by atoms with Gasteiger partial charge < -0.3 is 10.2 Å². The van der Waals surface area contributed by atoms with Gasteiger partial charge in [-0.25, -0.2) is 0 Å². The van der Waals surface area contributed by atoms with Crippen molar-refractivity contribution in [3.05, 3.63) is 33.8 Å². The molecule has 1 aliphatic heterocycles. The van der Waals surface area contributed by atoms with Gasteiger partial charge in [-0.3, -0.25) is 0 Å². The second kappa shape index (κ2) is 8.38. The Bertz CT molecular complexity index is 450. The van der Waals surface area contributed by atoms with Crippen molar-refractivity contribution in [2.24, 2.45) is 0 Å². The van der Waals surface area contributed by atoms with Crippen molar-refractivity contribution in [1.29, 1.82) is 0 Å². The van der Waals surface area contributed by atoms with Gasteiger partial charge in [-0.1, -0.05) is 35.7 Å². The van der Waals surface area contributed by atoms with Crippen molar-refractivity contribution in [2.75, 3.05) is 19.6 Å². The Hall–Kier alpha value is -0.280. The maximum atomic E-state index is 6.25. The molecule has 2 rings (SSSR count). The Morgan fingerprint density at radius 1 is 1.33 bits per heavy atom. The number of likely N-dealkylation sites (tertiary alicyclic amines) is 1. The van der Waals surface area contributed by atoms with E-state index in [-0.39, 0.29) is 6.04 Å². The number of halogens is 2. The summed E-state index contributed by atoms with van der Waals surface area (Å²) in [5.41, 5.74) is 1.12. The summed E-state index contributed by atoms with van der Waals surface area (Å²) >= 11 is 12.2. The molecule has 0 saturated carbocycles. The van der Waals surface area contributed by atoms with Crippen LogP contribution in [0.4, 0.5) is 0 Å². The van der Waals surface area contributed by atoms with Crippen LogP contribution in [0.1, 0.15) is 51.1 Å². The minimum Gasteiger partial charge on any atom is -0.310 e. The zero-order valence-electron chi connectivity index (χ0n) is 13.0. The van der Waals surface area contributed by atoms with E-state index in [1.807, 2.05) is 18.2 Å². The van der Waals surface area contributed by atoms with Crippen LogP contribution in [0.3, 0.4) is 0 Å². The van der Waals surface area contributed by atoms with Gasteiger partial charge in [-0.2, -0.15) is 0 Å². The van der Waals surface area contributed by atoms with Crippen LogP contribution in [0.15, 0.2) is 18.2 Å². The van der Waals surface area contributed by atoms with E-state index in [1.165, 1.54) is 38.8 Å². The quantitative estimate of drug-likeness (QED) is 0.746. The molecule has 1 aliphatic rings. The lowest BCUT2D eigenvalue weighted by Gasteiger charge is -2.33. The molecule has 1 aromatic rings. The number of hydrogen-bond acceptors (Lipinski definition) is 2. The topological polar surface area (TPSA) is 15.3 Å². The van der Waals surface area contributed by atoms with Gasteiger partial charge in [0.15, 0.2) is 0 Å². The minimum absolute atomic E-state index is 0.258. The summed E-state index contributed by atoms with van der Waals surface area (Å²) in [6.45, 7) is 7.97. The number of benzene rings is 1. The summed E-state index contributed by atoms with van der Waals surface area (Å²) in [4.78, 5) is 2.62. The molecule has 0 aromatic heterocycles. The average molecular weight is 329 g/mol. The lowest BCUT2D eigenvalue weighted by Crippen LogP contribution is -2.39. The van der Waals surface area contributed by atoms with E-state index >= 15 is 0 Å². The number of piperidine rings is 1. The Labute approximate surface area is 138 Å². The van der Waals surface area contributed by atoms with Crippen LogP contribution in [0, 0.1) is 0 Å². The molecule has 1 saturated heterocycles. The van der Waals surface area contributed by atoms with Crippen molar-refractivity contribution >= 4 is 23.2 Å². The summed E-state index contributed by atoms with van der Waals surface area (Å²) in [7, 11) is 0. The van der Waals surface area contributed by atoms with Crippen LogP contribution in [-0.4, -0.2) is 30.6 Å². The predicted octanol–water partition coefficient (Wildman–Crippen LogP) is 4.91. The van der Waals surface area contributed by atoms with E-state index in [1.54, 1.807) is 0 Å². The molecule has 1 fully saturated rings. The molecule has 2 nitrogen and oxygen atoms in total. The fourth-order valence-corrected chi connectivity index (χ4v) is 3.63. The molecular weight excluding hydrogens is 303 g/mol. The van der Waals surface area contributed by atoms with Gasteiger partial charge in [0, 0.05) is 22.1 Å². The minimum atomic E-state index is 0.258. The lowest BCUT2D eigenvalue weighted by molar-refractivity contribution is 0.158. The monoisotopic (exact) mass is 328 g/mol. The van der Waals surface area contributed by atoms with E-state index < -0.39 is 0 Å². The van der Waals surface area contributed by atoms with Crippen LogP contribution >= 0.6 is 23.2 Å². The molecule has 1 aromatic carbocycles. The first-order valence-electron chi connectivity index (χ1n) is 8.00. The number of rotatable bonds is 6. The Morgan fingerprint density at radius 2 is 2.14 bits per heavy atom. The zero-order valence-corrected chi connectivity index (χ0v) is 14.6. The molecule has 0 aliphatic carbocycles. The number of nitrogens with zero attached hydrogens (tertiary/aromatic N) is 1. The summed E-state index contributed by atoms with van der Waals surface area (Å²) in [5, 5.41) is 4.99. The van der Waals surface area contributed by atoms with Gasteiger partial charge in [-0.15, -0.1) is 0 Å². The van der Waals surface area contributed by atoms with Crippen LogP contribution in [0.5, 0.6) is 0 Å². The fraction of sp³-hybridized carbons (Fsp3) is 0.647. The number of nitrogens with one attached hydrogen (secondary N) is 1. The largest absolute Gasteiger partial charge is 0.310 e. The molecule has 0 amide bonds. The van der Waals surface area contributed by atoms with E-state index in [9.17, 15) is 0 Å². The average Bonchev–Trinajstić information content (AvgIpc) is 2.45. The van der Waals surface area contributed by atoms with E-state index in [0.717, 1.165) is 23.2 Å². The van der Waals surface area contributed by atoms with E-state index in [2.05, 4.69) is 24.1 Å². The smallest absolute Gasteiger partial charge is 0.0468 e. The highest BCUT2D eigenvalue weighted by Crippen LogP contribution is 2.26. The molecule has 0 radical (unpaired) electrons. The predicted molar refractivity (Wildman–Crippen MR) is 92.4 cm³/mol. The second-order valence-electron chi connectivity index (χ2n) is 6.08. The standard InChI is InChI=1S/C17H26Cl2N2/c1-13-6-3-4-10-21(13)11-5-9-20-14(2)16-8-7-15(18)12-17(16)19/h7-8,12-14,20H,3-6,9-11H2,1-2H3. The lowest BCUT2D eigenvalue weighted by atomic mass is 10.0. The summed E-state index contributed by atoms with van der Waals surface area (Å²) in [5.74, 6) is 0. The van der Waals surface area contributed by atoms with Crippen molar-refractivity contribution < 1.29 is 0 Å². The Kier molecular flexibility index (Phi) is 6.81. The summed E-state index contributed by atoms with van der Waals surface area (Å²) in [6, 6.07) is 6.73. The molecule has 2 atom stereocenters. The molecule has 118 valence electrons. The molecule has 2 unspecified atom stereocenters. The van der Waals surface area contributed by atoms with Crippen LogP contribution in [0.25, 0.3) is 0 Å². The molecule has 21 heavy (non-hydrogen) atoms. The summed E-state index contributed by atoms with van der Waals surface area (Å²) < 4.78 is 0. The van der Waals surface area contributed by atoms with Gasteiger partial charge in [0.2, 0.25) is 0 Å². The zero-order chi connectivity index (χ0) is 15.2. The fourth-order valence-electron chi connectivity index (χ4n) is 3.05. The highest BCUT2D eigenvalue weighted by atomic mass is 35.5. The van der Waals surface area contributed by atoms with Crippen molar-refractivity contribution in [3.63, 3.8) is 0 Å². The van der Waals surface area contributed by atoms with Crippen LogP contribution in [0.2, 0.25) is 10.0 Å². The van der Waals surface area contributed by atoms with Crippen molar-refractivity contribution in [3.8, 4) is 0 Å². The van der Waals surface area contributed by atoms with E-state index in [4.69, 9.17) is 23.2 Å². The highest BCUT2D eigenvalue weighted by molar-refractivity contribution is 6.35. The summed E-state index contributed by atoms with van der Waals surface area (Å²) in [6.07, 6.45) is 5.28. The van der Waals surface area contributed by atoms with Gasteiger partial charge in [0.05, 0.1) is 0 Å². The molecule has 4 heteroatoms. The Morgan fingerprint density at radius 3 is 2.86 bits per heavy atom. The highest BCUT2D eigenvalue weighted by Gasteiger charge is 2.17. The van der Waals surface area contributed by atoms with Gasteiger partial charge in [0.25, 0.3) is 0 Å². The van der Waals surface area contributed by atoms with Gasteiger partial charge in [0.1, 0.15) is 0 Å². The number of hydrogen-bond donors (Lipinski definition) is 1. The van der Waals surface area contributed by atoms with Gasteiger partial charge >= 0.3 is 0 Å². The maximum absolute atomic E-state index is 6.25. The first kappa shape index (κ1) is 17.1. The molecule has 1 heterocycles. The third kappa shape index (κ3) is 5.14. The third-order valence-electron chi connectivity index (χ3n) is 4.44. The van der Waals surface area contributed by atoms with E-state index in [0.29, 0.717) is 5.02 Å². The van der Waals surface area contributed by atoms with Gasteiger partial charge in [-0.05, 0) is 70.4 Å². The third-order valence-corrected chi connectivity index (χ3v) is 5.00. The van der Waals surface area contributed by atoms with Crippen molar-refractivity contribution in [1.82, 2.24) is 10.2 Å².